The van der Waals surface area contributed by atoms with Crippen LogP contribution in [0.25, 0.3) is 0 Å². The molecule has 0 unspecified atom stereocenters. The number of aromatic nitrogens is 1. The van der Waals surface area contributed by atoms with Crippen molar-refractivity contribution in [1.29, 1.82) is 0 Å². The van der Waals surface area contributed by atoms with Crippen LogP contribution in [0.5, 0.6) is 0 Å². The second-order valence-corrected chi connectivity index (χ2v) is 2.90. The highest BCUT2D eigenvalue weighted by atomic mass is 35.5. The Morgan fingerprint density at radius 2 is 2.40 bits per heavy atom. The summed E-state index contributed by atoms with van der Waals surface area (Å²) in [5, 5.41) is 0. The predicted molar refractivity (Wildman–Crippen MR) is 59.7 cm³/mol. The molecule has 0 bridgehead atoms. The van der Waals surface area contributed by atoms with Gasteiger partial charge in [-0.1, -0.05) is 6.07 Å². The van der Waals surface area contributed by atoms with Crippen LogP contribution in [0.4, 0.5) is 0 Å². The molecule has 0 fully saturated rings. The summed E-state index contributed by atoms with van der Waals surface area (Å²) < 4.78 is 4.79. The minimum Gasteiger partial charge on any atom is -0.466 e. The summed E-state index contributed by atoms with van der Waals surface area (Å²) in [5.41, 5.74) is 6.63. The topological polar surface area (TPSA) is 65.2 Å². The van der Waals surface area contributed by atoms with Crippen molar-refractivity contribution in [1.82, 2.24) is 4.98 Å². The average molecular weight is 231 g/mol. The van der Waals surface area contributed by atoms with Crippen LogP contribution < -0.4 is 5.73 Å². The van der Waals surface area contributed by atoms with Gasteiger partial charge in [-0.3, -0.25) is 9.78 Å². The van der Waals surface area contributed by atoms with Gasteiger partial charge in [-0.25, -0.2) is 0 Å². The van der Waals surface area contributed by atoms with Crippen molar-refractivity contribution in [3.63, 3.8) is 0 Å². The number of nitrogens with zero attached hydrogens (tertiary/aromatic N) is 1. The molecule has 2 N–H and O–H groups in total. The Bertz CT molecular complexity index is 293. The highest BCUT2D eigenvalue weighted by Crippen LogP contribution is 2.12. The van der Waals surface area contributed by atoms with Crippen molar-refractivity contribution in [3.05, 3.63) is 30.1 Å². The Morgan fingerprint density at radius 1 is 1.67 bits per heavy atom. The Kier molecular flexibility index (Phi) is 6.66. The SMILES string of the molecule is CCOC(=O)C[C@@H](N)c1cccnc1.Cl. The fourth-order valence-electron chi connectivity index (χ4n) is 1.11. The van der Waals surface area contributed by atoms with Crippen molar-refractivity contribution >= 4 is 18.4 Å². The first kappa shape index (κ1) is 13.9. The van der Waals surface area contributed by atoms with Crippen molar-refractivity contribution in [2.45, 2.75) is 19.4 Å². The van der Waals surface area contributed by atoms with Gasteiger partial charge in [0.15, 0.2) is 0 Å². The minimum absolute atomic E-state index is 0. The van der Waals surface area contributed by atoms with Gasteiger partial charge < -0.3 is 10.5 Å². The summed E-state index contributed by atoms with van der Waals surface area (Å²) in [5.74, 6) is -0.274. The number of hydrogen-bond acceptors (Lipinski definition) is 4. The number of esters is 1. The van der Waals surface area contributed by atoms with E-state index < -0.39 is 0 Å². The maximum absolute atomic E-state index is 11.1. The molecule has 0 spiro atoms. The highest BCUT2D eigenvalue weighted by molar-refractivity contribution is 5.85. The maximum Gasteiger partial charge on any atom is 0.307 e. The molecule has 15 heavy (non-hydrogen) atoms. The van der Waals surface area contributed by atoms with E-state index in [1.54, 1.807) is 25.4 Å². The third-order valence-corrected chi connectivity index (χ3v) is 1.80. The van der Waals surface area contributed by atoms with E-state index >= 15 is 0 Å². The van der Waals surface area contributed by atoms with Crippen molar-refractivity contribution < 1.29 is 9.53 Å². The first-order chi connectivity index (χ1) is 6.74. The Morgan fingerprint density at radius 3 is 2.93 bits per heavy atom. The normalized spacial score (nSPS) is 11.3. The lowest BCUT2D eigenvalue weighted by atomic mass is 10.1. The van der Waals surface area contributed by atoms with Gasteiger partial charge >= 0.3 is 5.97 Å². The van der Waals surface area contributed by atoms with Gasteiger partial charge in [0.1, 0.15) is 0 Å². The second kappa shape index (κ2) is 7.20. The molecule has 1 atom stereocenters. The third kappa shape index (κ3) is 4.76. The van der Waals surface area contributed by atoms with Gasteiger partial charge in [0, 0.05) is 18.4 Å². The van der Waals surface area contributed by atoms with E-state index in [4.69, 9.17) is 10.5 Å². The van der Waals surface area contributed by atoms with Crippen molar-refractivity contribution in [2.75, 3.05) is 6.61 Å². The summed E-state index contributed by atoms with van der Waals surface area (Å²) in [6.07, 6.45) is 3.52. The van der Waals surface area contributed by atoms with Crippen LogP contribution in [0.3, 0.4) is 0 Å². The standard InChI is InChI=1S/C10H14N2O2.ClH/c1-2-14-10(13)6-9(11)8-4-3-5-12-7-8;/h3-5,7,9H,2,6,11H2,1H3;1H/t9-;/m1./s1. The molecule has 1 rings (SSSR count). The van der Waals surface area contributed by atoms with Crippen LogP contribution in [0, 0.1) is 0 Å². The number of ether oxygens (including phenoxy) is 1. The number of rotatable bonds is 4. The molecule has 4 nitrogen and oxygen atoms in total. The number of hydrogen-bond donors (Lipinski definition) is 1. The predicted octanol–water partition coefficient (Wildman–Crippen LogP) is 1.46. The molecule has 84 valence electrons. The molecule has 0 amide bonds. The van der Waals surface area contributed by atoms with Gasteiger partial charge in [0.25, 0.3) is 0 Å². The summed E-state index contributed by atoms with van der Waals surface area (Å²) >= 11 is 0. The first-order valence-electron chi connectivity index (χ1n) is 4.55. The van der Waals surface area contributed by atoms with Gasteiger partial charge in [0.2, 0.25) is 0 Å². The highest BCUT2D eigenvalue weighted by Gasteiger charge is 2.11. The lowest BCUT2D eigenvalue weighted by Gasteiger charge is -2.09. The number of nitrogens with two attached hydrogens (primary N) is 1. The smallest absolute Gasteiger partial charge is 0.307 e. The first-order valence-corrected chi connectivity index (χ1v) is 4.55. The second-order valence-electron chi connectivity index (χ2n) is 2.90. The molecule has 1 aromatic rings. The monoisotopic (exact) mass is 230 g/mol. The lowest BCUT2D eigenvalue weighted by molar-refractivity contribution is -0.143. The molecule has 1 aromatic heterocycles. The maximum atomic E-state index is 11.1. The Hall–Kier alpha value is -1.13. The fraction of sp³-hybridized carbons (Fsp3) is 0.400. The number of carbonyl (C=O) groups excluding carboxylic acids is 1. The largest absolute Gasteiger partial charge is 0.466 e. The van der Waals surface area contributed by atoms with E-state index in [-0.39, 0.29) is 30.8 Å². The molecule has 0 aliphatic carbocycles. The molecule has 5 heteroatoms. The zero-order valence-electron chi connectivity index (χ0n) is 8.55. The number of halogens is 1. The van der Waals surface area contributed by atoms with E-state index in [1.807, 2.05) is 6.07 Å². The third-order valence-electron chi connectivity index (χ3n) is 1.80. The van der Waals surface area contributed by atoms with E-state index in [9.17, 15) is 4.79 Å². The van der Waals surface area contributed by atoms with Crippen LogP contribution >= 0.6 is 12.4 Å². The molecule has 0 aliphatic rings. The van der Waals surface area contributed by atoms with Gasteiger partial charge in [-0.05, 0) is 18.6 Å². The molecule has 0 saturated heterocycles. The summed E-state index contributed by atoms with van der Waals surface area (Å²) in [4.78, 5) is 15.0. The minimum atomic E-state index is -0.331. The van der Waals surface area contributed by atoms with Gasteiger partial charge in [-0.2, -0.15) is 0 Å². The summed E-state index contributed by atoms with van der Waals surface area (Å²) in [7, 11) is 0. The van der Waals surface area contributed by atoms with Crippen molar-refractivity contribution in [2.24, 2.45) is 5.73 Å². The number of pyridine rings is 1. The molecule has 0 saturated carbocycles. The van der Waals surface area contributed by atoms with E-state index in [0.717, 1.165) is 5.56 Å². The van der Waals surface area contributed by atoms with Crippen LogP contribution in [-0.2, 0) is 9.53 Å². The fourth-order valence-corrected chi connectivity index (χ4v) is 1.11. The van der Waals surface area contributed by atoms with E-state index in [2.05, 4.69) is 4.98 Å². The van der Waals surface area contributed by atoms with Gasteiger partial charge in [-0.15, -0.1) is 12.4 Å². The lowest BCUT2D eigenvalue weighted by Crippen LogP contribution is -2.17. The van der Waals surface area contributed by atoms with E-state index in [1.165, 1.54) is 0 Å². The molecule has 1 heterocycles. The zero-order valence-corrected chi connectivity index (χ0v) is 9.37. The van der Waals surface area contributed by atoms with Crippen LogP contribution in [-0.4, -0.2) is 17.6 Å². The number of carbonyl (C=O) groups is 1. The van der Waals surface area contributed by atoms with Crippen molar-refractivity contribution in [3.8, 4) is 0 Å². The molecular weight excluding hydrogens is 216 g/mol. The Labute approximate surface area is 95.2 Å². The summed E-state index contributed by atoms with van der Waals surface area (Å²) in [6, 6.07) is 3.31. The average Bonchev–Trinajstić information content (AvgIpc) is 2.19. The molecule has 0 radical (unpaired) electrons. The van der Waals surface area contributed by atoms with Gasteiger partial charge in [0.05, 0.1) is 13.0 Å². The van der Waals surface area contributed by atoms with Crippen LogP contribution in [0.15, 0.2) is 24.5 Å². The molecular formula is C10H15ClN2O2. The molecule has 0 aromatic carbocycles. The Balaban J connectivity index is 0.00000196. The molecule has 0 aliphatic heterocycles. The van der Waals surface area contributed by atoms with Crippen LogP contribution in [0.1, 0.15) is 24.9 Å². The van der Waals surface area contributed by atoms with Crippen LogP contribution in [0.2, 0.25) is 0 Å². The van der Waals surface area contributed by atoms with E-state index in [0.29, 0.717) is 6.61 Å². The zero-order chi connectivity index (χ0) is 10.4. The quantitative estimate of drug-likeness (QED) is 0.796. The summed E-state index contributed by atoms with van der Waals surface area (Å²) in [6.45, 7) is 2.16.